The van der Waals surface area contributed by atoms with Crippen LogP contribution in [0.3, 0.4) is 0 Å². The summed E-state index contributed by atoms with van der Waals surface area (Å²) in [5, 5.41) is 0. The van der Waals surface area contributed by atoms with Gasteiger partial charge in [-0.1, -0.05) is 0 Å². The lowest BCUT2D eigenvalue weighted by Gasteiger charge is -2.22. The smallest absolute Gasteiger partial charge is 0.325 e. The summed E-state index contributed by atoms with van der Waals surface area (Å²) in [6.07, 6.45) is 3.87. The van der Waals surface area contributed by atoms with Crippen LogP contribution in [0.5, 0.6) is 5.75 Å². The number of ether oxygens (including phenoxy) is 2. The van der Waals surface area contributed by atoms with Crippen LogP contribution in [-0.2, 0) is 9.53 Å². The lowest BCUT2D eigenvalue weighted by atomic mass is 10.3. The number of hydrogen-bond acceptors (Lipinski definition) is 5. The Labute approximate surface area is 107 Å². The molecule has 0 amide bonds. The van der Waals surface area contributed by atoms with E-state index in [1.807, 2.05) is 24.0 Å². The van der Waals surface area contributed by atoms with Crippen molar-refractivity contribution < 1.29 is 14.3 Å². The molecule has 0 spiro atoms. The molecule has 5 nitrogen and oxygen atoms in total. The third-order valence-electron chi connectivity index (χ3n) is 2.84. The van der Waals surface area contributed by atoms with Crippen LogP contribution >= 0.6 is 0 Å². The molecule has 1 aliphatic rings. The van der Waals surface area contributed by atoms with Gasteiger partial charge in [0.1, 0.15) is 18.1 Å². The Morgan fingerprint density at radius 1 is 1.50 bits per heavy atom. The number of hydrogen-bond donors (Lipinski definition) is 0. The van der Waals surface area contributed by atoms with E-state index in [1.165, 1.54) is 0 Å². The predicted molar refractivity (Wildman–Crippen MR) is 67.8 cm³/mol. The van der Waals surface area contributed by atoms with Crippen molar-refractivity contribution in [3.63, 3.8) is 0 Å². The maximum Gasteiger partial charge on any atom is 0.325 e. The Bertz CT molecular complexity index is 401. The first-order chi connectivity index (χ1) is 8.74. The summed E-state index contributed by atoms with van der Waals surface area (Å²) >= 11 is 0. The minimum Gasteiger partial charge on any atom is -0.495 e. The van der Waals surface area contributed by atoms with Crippen LogP contribution in [0.4, 0.5) is 5.82 Å². The molecule has 0 unspecified atom stereocenters. The minimum absolute atomic E-state index is 0.206. The average Bonchev–Trinajstić information content (AvgIpc) is 3.21. The molecule has 1 aromatic heterocycles. The highest BCUT2D eigenvalue weighted by Crippen LogP contribution is 2.30. The minimum atomic E-state index is -0.206. The Morgan fingerprint density at radius 3 is 2.78 bits per heavy atom. The third-order valence-corrected chi connectivity index (χ3v) is 2.84. The van der Waals surface area contributed by atoms with E-state index >= 15 is 0 Å². The normalized spacial score (nSPS) is 14.1. The lowest BCUT2D eigenvalue weighted by molar-refractivity contribution is -0.141. The summed E-state index contributed by atoms with van der Waals surface area (Å²) in [4.78, 5) is 17.9. The van der Waals surface area contributed by atoms with E-state index < -0.39 is 0 Å². The molecule has 18 heavy (non-hydrogen) atoms. The Kier molecular flexibility index (Phi) is 4.02. The summed E-state index contributed by atoms with van der Waals surface area (Å²) in [5.41, 5.74) is 0. The molecule has 0 atom stereocenters. The van der Waals surface area contributed by atoms with Crippen molar-refractivity contribution in [3.05, 3.63) is 18.3 Å². The summed E-state index contributed by atoms with van der Waals surface area (Å²) in [6, 6.07) is 4.13. The molecule has 2 rings (SSSR count). The molecule has 0 radical (unpaired) electrons. The van der Waals surface area contributed by atoms with Gasteiger partial charge in [-0.3, -0.25) is 4.79 Å². The van der Waals surface area contributed by atoms with Crippen molar-refractivity contribution in [3.8, 4) is 5.75 Å². The Hall–Kier alpha value is -1.78. The van der Waals surface area contributed by atoms with Crippen LogP contribution in [0.1, 0.15) is 19.8 Å². The quantitative estimate of drug-likeness (QED) is 0.718. The van der Waals surface area contributed by atoms with Crippen LogP contribution in [0.15, 0.2) is 18.3 Å². The highest BCUT2D eigenvalue weighted by atomic mass is 16.5. The monoisotopic (exact) mass is 250 g/mol. The zero-order chi connectivity index (χ0) is 13.0. The van der Waals surface area contributed by atoms with Crippen LogP contribution < -0.4 is 9.64 Å². The van der Waals surface area contributed by atoms with Gasteiger partial charge in [-0.05, 0) is 31.9 Å². The van der Waals surface area contributed by atoms with Gasteiger partial charge in [0.2, 0.25) is 0 Å². The van der Waals surface area contributed by atoms with E-state index in [1.54, 1.807) is 13.3 Å². The maximum absolute atomic E-state index is 11.6. The van der Waals surface area contributed by atoms with Gasteiger partial charge in [0.05, 0.1) is 19.9 Å². The summed E-state index contributed by atoms with van der Waals surface area (Å²) in [5.74, 6) is 1.30. The van der Waals surface area contributed by atoms with Crippen molar-refractivity contribution in [1.29, 1.82) is 0 Å². The number of aromatic nitrogens is 1. The second kappa shape index (κ2) is 5.71. The van der Waals surface area contributed by atoms with Gasteiger partial charge in [0.25, 0.3) is 0 Å². The fourth-order valence-electron chi connectivity index (χ4n) is 1.79. The molecular weight excluding hydrogens is 232 g/mol. The van der Waals surface area contributed by atoms with E-state index in [4.69, 9.17) is 9.47 Å². The average molecular weight is 250 g/mol. The largest absolute Gasteiger partial charge is 0.495 e. The molecule has 0 aliphatic heterocycles. The van der Waals surface area contributed by atoms with Gasteiger partial charge in [0, 0.05) is 6.04 Å². The van der Waals surface area contributed by atoms with Gasteiger partial charge in [-0.15, -0.1) is 0 Å². The number of methoxy groups -OCH3 is 1. The molecule has 1 aliphatic carbocycles. The first-order valence-electron chi connectivity index (χ1n) is 6.17. The molecule has 0 N–H and O–H groups in total. The number of anilines is 1. The van der Waals surface area contributed by atoms with E-state index in [-0.39, 0.29) is 12.5 Å². The molecule has 1 fully saturated rings. The highest BCUT2D eigenvalue weighted by Gasteiger charge is 2.31. The van der Waals surface area contributed by atoms with Crippen molar-refractivity contribution >= 4 is 11.8 Å². The van der Waals surface area contributed by atoms with Gasteiger partial charge in [-0.25, -0.2) is 4.98 Å². The predicted octanol–water partition coefficient (Wildman–Crippen LogP) is 1.62. The van der Waals surface area contributed by atoms with Gasteiger partial charge >= 0.3 is 5.97 Å². The first kappa shape index (κ1) is 12.7. The summed E-state index contributed by atoms with van der Waals surface area (Å²) in [7, 11) is 1.61. The van der Waals surface area contributed by atoms with Gasteiger partial charge in [0.15, 0.2) is 0 Å². The van der Waals surface area contributed by atoms with E-state index in [2.05, 4.69) is 4.98 Å². The van der Waals surface area contributed by atoms with Gasteiger partial charge < -0.3 is 14.4 Å². The van der Waals surface area contributed by atoms with Crippen molar-refractivity contribution in [2.24, 2.45) is 0 Å². The van der Waals surface area contributed by atoms with Crippen molar-refractivity contribution in [1.82, 2.24) is 4.98 Å². The fraction of sp³-hybridized carbons (Fsp3) is 0.538. The number of esters is 1. The standard InChI is InChI=1S/C13H18N2O3/c1-3-18-13(16)9-15(10-4-5-10)12-7-6-11(17-2)8-14-12/h6-8,10H,3-5,9H2,1-2H3. The third kappa shape index (κ3) is 3.12. The zero-order valence-corrected chi connectivity index (χ0v) is 10.8. The second-order valence-electron chi connectivity index (χ2n) is 4.22. The van der Waals surface area contributed by atoms with Gasteiger partial charge in [-0.2, -0.15) is 0 Å². The Morgan fingerprint density at radius 2 is 2.28 bits per heavy atom. The van der Waals surface area contributed by atoms with E-state index in [0.717, 1.165) is 18.7 Å². The zero-order valence-electron chi connectivity index (χ0n) is 10.8. The molecule has 5 heteroatoms. The number of pyridine rings is 1. The van der Waals surface area contributed by atoms with Crippen LogP contribution in [0, 0.1) is 0 Å². The molecule has 98 valence electrons. The number of carbonyl (C=O) groups excluding carboxylic acids is 1. The number of carbonyl (C=O) groups is 1. The molecule has 1 saturated carbocycles. The highest BCUT2D eigenvalue weighted by molar-refractivity contribution is 5.75. The topological polar surface area (TPSA) is 51.7 Å². The molecule has 0 aromatic carbocycles. The SMILES string of the molecule is CCOC(=O)CN(c1ccc(OC)cn1)C1CC1. The molecule has 1 aromatic rings. The summed E-state index contributed by atoms with van der Waals surface area (Å²) in [6.45, 7) is 2.48. The number of rotatable bonds is 6. The Balaban J connectivity index is 2.06. The maximum atomic E-state index is 11.6. The van der Waals surface area contributed by atoms with Crippen molar-refractivity contribution in [2.45, 2.75) is 25.8 Å². The van der Waals surface area contributed by atoms with E-state index in [0.29, 0.717) is 18.4 Å². The van der Waals surface area contributed by atoms with E-state index in [9.17, 15) is 4.79 Å². The molecule has 1 heterocycles. The summed E-state index contributed by atoms with van der Waals surface area (Å²) < 4.78 is 10.1. The van der Waals surface area contributed by atoms with Crippen LogP contribution in [0.25, 0.3) is 0 Å². The first-order valence-corrected chi connectivity index (χ1v) is 6.17. The second-order valence-corrected chi connectivity index (χ2v) is 4.22. The molecule has 0 saturated heterocycles. The van der Waals surface area contributed by atoms with Crippen LogP contribution in [-0.4, -0.2) is 37.3 Å². The molecule has 0 bridgehead atoms. The van der Waals surface area contributed by atoms with Crippen LogP contribution in [0.2, 0.25) is 0 Å². The lowest BCUT2D eigenvalue weighted by Crippen LogP contribution is -2.33. The number of nitrogens with zero attached hydrogens (tertiary/aromatic N) is 2. The van der Waals surface area contributed by atoms with Crippen molar-refractivity contribution in [2.75, 3.05) is 25.2 Å². The molecular formula is C13H18N2O3. The fourth-order valence-corrected chi connectivity index (χ4v) is 1.79.